The Morgan fingerprint density at radius 1 is 1.09 bits per heavy atom. The second-order valence-corrected chi connectivity index (χ2v) is 7.78. The predicted molar refractivity (Wildman–Crippen MR) is 82.1 cm³/mol. The molecule has 0 saturated heterocycles. The maximum Gasteiger partial charge on any atom is 0.155 e. The minimum Gasteiger partial charge on any atom is -0.299 e. The average Bonchev–Trinajstić information content (AvgIpc) is 2.84. The van der Waals surface area contributed by atoms with E-state index in [0.29, 0.717) is 42.7 Å². The van der Waals surface area contributed by atoms with Crippen LogP contribution in [0.5, 0.6) is 0 Å². The molecule has 4 rings (SSSR count). The molecular formula is C19H24O3. The van der Waals surface area contributed by atoms with Crippen molar-refractivity contribution in [2.45, 2.75) is 58.3 Å². The van der Waals surface area contributed by atoms with E-state index in [1.165, 1.54) is 5.57 Å². The Balaban J connectivity index is 1.72. The van der Waals surface area contributed by atoms with Crippen molar-refractivity contribution in [1.82, 2.24) is 0 Å². The van der Waals surface area contributed by atoms with Gasteiger partial charge < -0.3 is 0 Å². The Kier molecular flexibility index (Phi) is 3.18. The molecule has 0 heterocycles. The van der Waals surface area contributed by atoms with Gasteiger partial charge in [0.2, 0.25) is 0 Å². The summed E-state index contributed by atoms with van der Waals surface area (Å²) >= 11 is 0. The highest BCUT2D eigenvalue weighted by Crippen LogP contribution is 2.60. The standard InChI is InChI=1S/C19H24O3/c1-2-19-10-16(21)18-13-6-4-12(20)9-11(13)3-5-14(18)15(19)7-8-17(19)22/h9,13-15,18H,2-8,10H2,1H3/t13-,14-,15-,18+,19-/m0/s1. The van der Waals surface area contributed by atoms with Crippen molar-refractivity contribution in [3.8, 4) is 0 Å². The molecule has 0 aromatic carbocycles. The van der Waals surface area contributed by atoms with E-state index in [9.17, 15) is 14.4 Å². The Morgan fingerprint density at radius 2 is 1.91 bits per heavy atom. The van der Waals surface area contributed by atoms with E-state index in [2.05, 4.69) is 6.92 Å². The van der Waals surface area contributed by atoms with E-state index < -0.39 is 0 Å². The number of Topliss-reactive ketones (excluding diaryl/α,β-unsaturated/α-hetero) is 2. The minimum absolute atomic E-state index is 0.0867. The lowest BCUT2D eigenvalue weighted by Crippen LogP contribution is -2.52. The Bertz CT molecular complexity index is 587. The van der Waals surface area contributed by atoms with Gasteiger partial charge in [0, 0.05) is 30.6 Å². The highest BCUT2D eigenvalue weighted by molar-refractivity contribution is 5.96. The molecule has 0 bridgehead atoms. The number of allylic oxidation sites excluding steroid dienone is 1. The van der Waals surface area contributed by atoms with Crippen LogP contribution >= 0.6 is 0 Å². The second-order valence-electron chi connectivity index (χ2n) is 7.78. The zero-order valence-electron chi connectivity index (χ0n) is 13.3. The third-order valence-corrected chi connectivity index (χ3v) is 7.14. The van der Waals surface area contributed by atoms with Crippen molar-refractivity contribution in [1.29, 1.82) is 0 Å². The zero-order valence-corrected chi connectivity index (χ0v) is 13.3. The lowest BCUT2D eigenvalue weighted by Gasteiger charge is -2.51. The van der Waals surface area contributed by atoms with Gasteiger partial charge in [-0.1, -0.05) is 12.5 Å². The largest absolute Gasteiger partial charge is 0.299 e. The molecule has 3 fully saturated rings. The molecule has 0 unspecified atom stereocenters. The number of hydrogen-bond donors (Lipinski definition) is 0. The molecule has 0 amide bonds. The van der Waals surface area contributed by atoms with Gasteiger partial charge in [0.25, 0.3) is 0 Å². The third-order valence-electron chi connectivity index (χ3n) is 7.14. The Morgan fingerprint density at radius 3 is 2.68 bits per heavy atom. The smallest absolute Gasteiger partial charge is 0.155 e. The van der Waals surface area contributed by atoms with Gasteiger partial charge in [-0.25, -0.2) is 0 Å². The molecule has 3 saturated carbocycles. The van der Waals surface area contributed by atoms with Gasteiger partial charge in [-0.2, -0.15) is 0 Å². The van der Waals surface area contributed by atoms with E-state index in [1.54, 1.807) is 0 Å². The first kappa shape index (κ1) is 14.3. The fourth-order valence-electron chi connectivity index (χ4n) is 6.15. The number of ketones is 3. The summed E-state index contributed by atoms with van der Waals surface area (Å²) in [5.41, 5.74) is 0.878. The normalized spacial score (nSPS) is 44.2. The van der Waals surface area contributed by atoms with E-state index >= 15 is 0 Å². The zero-order chi connectivity index (χ0) is 15.5. The van der Waals surface area contributed by atoms with Crippen molar-refractivity contribution >= 4 is 17.3 Å². The molecule has 5 atom stereocenters. The maximum atomic E-state index is 13.0. The van der Waals surface area contributed by atoms with Crippen molar-refractivity contribution in [3.05, 3.63) is 11.6 Å². The lowest BCUT2D eigenvalue weighted by atomic mass is 9.51. The van der Waals surface area contributed by atoms with E-state index in [0.717, 1.165) is 32.1 Å². The van der Waals surface area contributed by atoms with Gasteiger partial charge in [0.05, 0.1) is 0 Å². The summed E-state index contributed by atoms with van der Waals surface area (Å²) in [4.78, 5) is 37.1. The van der Waals surface area contributed by atoms with Crippen molar-refractivity contribution in [3.63, 3.8) is 0 Å². The highest BCUT2D eigenvalue weighted by atomic mass is 16.1. The third kappa shape index (κ3) is 1.77. The van der Waals surface area contributed by atoms with Gasteiger partial charge in [-0.05, 0) is 55.9 Å². The predicted octanol–water partition coefficient (Wildman–Crippen LogP) is 3.27. The molecule has 4 aliphatic rings. The molecule has 3 nitrogen and oxygen atoms in total. The van der Waals surface area contributed by atoms with Crippen molar-refractivity contribution in [2.24, 2.45) is 29.1 Å². The highest BCUT2D eigenvalue weighted by Gasteiger charge is 2.60. The quantitative estimate of drug-likeness (QED) is 0.747. The lowest BCUT2D eigenvalue weighted by molar-refractivity contribution is -0.147. The molecule has 3 heteroatoms. The molecule has 118 valence electrons. The minimum atomic E-state index is -0.343. The van der Waals surface area contributed by atoms with Crippen LogP contribution in [0.3, 0.4) is 0 Å². The summed E-state index contributed by atoms with van der Waals surface area (Å²) < 4.78 is 0. The second kappa shape index (κ2) is 4.87. The summed E-state index contributed by atoms with van der Waals surface area (Å²) in [6.45, 7) is 2.08. The molecule has 4 aliphatic carbocycles. The fourth-order valence-corrected chi connectivity index (χ4v) is 6.15. The summed E-state index contributed by atoms with van der Waals surface area (Å²) in [5.74, 6) is 2.04. The molecule has 0 aromatic rings. The van der Waals surface area contributed by atoms with Crippen LogP contribution in [0, 0.1) is 29.1 Å². The summed E-state index contributed by atoms with van der Waals surface area (Å²) in [6.07, 6.45) is 8.13. The summed E-state index contributed by atoms with van der Waals surface area (Å²) in [7, 11) is 0. The fraction of sp³-hybridized carbons (Fsp3) is 0.737. The average molecular weight is 300 g/mol. The molecule has 22 heavy (non-hydrogen) atoms. The maximum absolute atomic E-state index is 13.0. The molecule has 0 aliphatic heterocycles. The van der Waals surface area contributed by atoms with Crippen LogP contribution in [0.1, 0.15) is 58.3 Å². The van der Waals surface area contributed by atoms with E-state index in [4.69, 9.17) is 0 Å². The van der Waals surface area contributed by atoms with Crippen LogP contribution in [-0.2, 0) is 14.4 Å². The SMILES string of the molecule is CC[C@]12CC(=O)[C@H]3[C@@H](CCC4=CC(=O)CC[C@@H]43)[C@@H]1CCC2=O. The first-order chi connectivity index (χ1) is 10.6. The molecule has 0 aromatic heterocycles. The van der Waals surface area contributed by atoms with Crippen LogP contribution in [0.2, 0.25) is 0 Å². The topological polar surface area (TPSA) is 51.2 Å². The molecule has 0 N–H and O–H groups in total. The number of fused-ring (bicyclic) bond motifs is 5. The van der Waals surface area contributed by atoms with Crippen molar-refractivity contribution in [2.75, 3.05) is 0 Å². The van der Waals surface area contributed by atoms with Crippen LogP contribution in [0.4, 0.5) is 0 Å². The number of rotatable bonds is 1. The van der Waals surface area contributed by atoms with Gasteiger partial charge in [0.1, 0.15) is 11.6 Å². The first-order valence-corrected chi connectivity index (χ1v) is 8.86. The Hall–Kier alpha value is -1.25. The van der Waals surface area contributed by atoms with Gasteiger partial charge in [-0.15, -0.1) is 0 Å². The van der Waals surface area contributed by atoms with Crippen molar-refractivity contribution < 1.29 is 14.4 Å². The van der Waals surface area contributed by atoms with Crippen LogP contribution in [-0.4, -0.2) is 17.3 Å². The van der Waals surface area contributed by atoms with Gasteiger partial charge >= 0.3 is 0 Å². The van der Waals surface area contributed by atoms with E-state index in [-0.39, 0.29) is 23.0 Å². The van der Waals surface area contributed by atoms with Gasteiger partial charge in [-0.3, -0.25) is 14.4 Å². The first-order valence-electron chi connectivity index (χ1n) is 8.86. The van der Waals surface area contributed by atoms with Gasteiger partial charge in [0.15, 0.2) is 5.78 Å². The molecule has 0 radical (unpaired) electrons. The number of hydrogen-bond acceptors (Lipinski definition) is 3. The molecule has 0 spiro atoms. The number of carbonyl (C=O) groups is 3. The number of carbonyl (C=O) groups excluding carboxylic acids is 3. The van der Waals surface area contributed by atoms with E-state index in [1.807, 2.05) is 6.08 Å². The molecular weight excluding hydrogens is 276 g/mol. The van der Waals surface area contributed by atoms with Crippen LogP contribution < -0.4 is 0 Å². The Labute approximate surface area is 131 Å². The summed E-state index contributed by atoms with van der Waals surface area (Å²) in [5, 5.41) is 0. The monoisotopic (exact) mass is 300 g/mol. The summed E-state index contributed by atoms with van der Waals surface area (Å²) in [6, 6.07) is 0. The van der Waals surface area contributed by atoms with Crippen LogP contribution in [0.25, 0.3) is 0 Å². The van der Waals surface area contributed by atoms with Crippen LogP contribution in [0.15, 0.2) is 11.6 Å².